The predicted molar refractivity (Wildman–Crippen MR) is 144 cm³/mol. The molecule has 2 aliphatic rings. The molecule has 7 heteroatoms. The third kappa shape index (κ3) is 3.86. The highest BCUT2D eigenvalue weighted by atomic mass is 32.2. The van der Waals surface area contributed by atoms with Crippen molar-refractivity contribution in [3.05, 3.63) is 89.5 Å². The number of benzene rings is 3. The van der Waals surface area contributed by atoms with E-state index in [2.05, 4.69) is 56.9 Å². The fraction of sp³-hybridized carbons (Fsp3) is 0.345. The Morgan fingerprint density at radius 3 is 2.06 bits per heavy atom. The highest BCUT2D eigenvalue weighted by Crippen LogP contribution is 2.47. The van der Waals surface area contributed by atoms with Crippen LogP contribution in [0, 0.1) is 10.8 Å². The third-order valence-corrected chi connectivity index (χ3v) is 9.03. The Bertz CT molecular complexity index is 1320. The first-order valence-corrected chi connectivity index (χ1v) is 13.4. The van der Waals surface area contributed by atoms with Gasteiger partial charge in [-0.2, -0.15) is 0 Å². The summed E-state index contributed by atoms with van der Waals surface area (Å²) >= 11 is 0. The molecule has 2 unspecified atom stereocenters. The maximum Gasteiger partial charge on any atom is 0.268 e. The first kappa shape index (κ1) is 24.7. The Labute approximate surface area is 215 Å². The Kier molecular flexibility index (Phi) is 5.86. The molecule has 0 spiro atoms. The number of nitrogens with zero attached hydrogens (tertiary/aromatic N) is 2. The molecule has 1 amide bonds. The second-order valence-corrected chi connectivity index (χ2v) is 12.3. The minimum absolute atomic E-state index is 0.221. The van der Waals surface area contributed by atoms with E-state index in [0.29, 0.717) is 28.3 Å². The molecule has 0 aliphatic carbocycles. The van der Waals surface area contributed by atoms with Crippen molar-refractivity contribution in [1.82, 2.24) is 0 Å². The van der Waals surface area contributed by atoms with Gasteiger partial charge in [-0.05, 0) is 52.3 Å². The van der Waals surface area contributed by atoms with Gasteiger partial charge in [-0.1, -0.05) is 70.2 Å². The van der Waals surface area contributed by atoms with Crippen LogP contribution in [-0.4, -0.2) is 28.3 Å². The van der Waals surface area contributed by atoms with Crippen LogP contribution in [0.1, 0.15) is 44.4 Å². The number of carbonyl (C=O) groups is 1. The van der Waals surface area contributed by atoms with Gasteiger partial charge in [0.05, 0.1) is 17.1 Å². The zero-order valence-corrected chi connectivity index (χ0v) is 22.0. The van der Waals surface area contributed by atoms with Gasteiger partial charge in [0.15, 0.2) is 5.60 Å². The van der Waals surface area contributed by atoms with Crippen molar-refractivity contribution in [2.45, 2.75) is 44.7 Å². The molecular formula is C29H33N3O3S. The van der Waals surface area contributed by atoms with Gasteiger partial charge in [-0.25, -0.2) is 9.35 Å². The molecular weight excluding hydrogens is 470 g/mol. The highest BCUT2D eigenvalue weighted by Gasteiger charge is 2.51. The number of para-hydroxylation sites is 1. The van der Waals surface area contributed by atoms with E-state index < -0.39 is 22.5 Å². The van der Waals surface area contributed by atoms with Gasteiger partial charge in [0, 0.05) is 24.3 Å². The zero-order valence-electron chi connectivity index (χ0n) is 21.2. The Balaban J connectivity index is 1.42. The van der Waals surface area contributed by atoms with Crippen LogP contribution < -0.4 is 14.9 Å². The number of carbonyl (C=O) groups excluding carboxylic acids is 1. The van der Waals surface area contributed by atoms with Crippen molar-refractivity contribution in [3.8, 4) is 0 Å². The average Bonchev–Trinajstić information content (AvgIpc) is 3.21. The zero-order chi connectivity index (χ0) is 25.9. The number of amides is 1. The van der Waals surface area contributed by atoms with E-state index >= 15 is 0 Å². The van der Waals surface area contributed by atoms with E-state index in [1.54, 1.807) is 35.2 Å². The highest BCUT2D eigenvalue weighted by molar-refractivity contribution is 7.82. The minimum atomic E-state index is -1.82. The standard InChI is InChI=1S/C29H33N3O3S/c1-27(2)18-31(19-28(27,3)4)22-13-9-20(10-14-22)17-32-25-8-6-5-7-24(25)29(34,26(32)33)21-11-15-23(16-12-21)36(30)35/h5-16,34H,17-19,30H2,1-4H3. The van der Waals surface area contributed by atoms with E-state index in [1.165, 1.54) is 5.69 Å². The minimum Gasteiger partial charge on any atom is -0.372 e. The Hall–Kier alpha value is -3.00. The molecule has 36 heavy (non-hydrogen) atoms. The maximum atomic E-state index is 13.7. The summed E-state index contributed by atoms with van der Waals surface area (Å²) in [5, 5.41) is 17.2. The largest absolute Gasteiger partial charge is 0.372 e. The lowest BCUT2D eigenvalue weighted by Crippen LogP contribution is -2.40. The second kappa shape index (κ2) is 8.54. The van der Waals surface area contributed by atoms with Crippen molar-refractivity contribution in [2.75, 3.05) is 22.9 Å². The topological polar surface area (TPSA) is 86.9 Å². The number of rotatable bonds is 5. The van der Waals surface area contributed by atoms with Gasteiger partial charge in [-0.3, -0.25) is 4.79 Å². The second-order valence-electron chi connectivity index (χ2n) is 11.2. The van der Waals surface area contributed by atoms with Crippen molar-refractivity contribution in [3.63, 3.8) is 0 Å². The van der Waals surface area contributed by atoms with E-state index in [1.807, 2.05) is 18.2 Å². The lowest BCUT2D eigenvalue weighted by Gasteiger charge is -2.32. The van der Waals surface area contributed by atoms with E-state index in [4.69, 9.17) is 5.14 Å². The van der Waals surface area contributed by atoms with Crippen LogP contribution in [0.4, 0.5) is 11.4 Å². The number of fused-ring (bicyclic) bond motifs is 1. The summed E-state index contributed by atoms with van der Waals surface area (Å²) in [5.41, 5.74) is 2.43. The Morgan fingerprint density at radius 1 is 0.889 bits per heavy atom. The third-order valence-electron chi connectivity index (χ3n) is 8.29. The maximum absolute atomic E-state index is 13.7. The molecule has 1 fully saturated rings. The fourth-order valence-corrected chi connectivity index (χ4v) is 5.72. The fourth-order valence-electron chi connectivity index (χ4n) is 5.32. The molecule has 6 nitrogen and oxygen atoms in total. The van der Waals surface area contributed by atoms with Crippen molar-refractivity contribution in [2.24, 2.45) is 16.0 Å². The van der Waals surface area contributed by atoms with Crippen LogP contribution in [0.2, 0.25) is 0 Å². The van der Waals surface area contributed by atoms with Crippen molar-refractivity contribution >= 4 is 28.3 Å². The molecule has 0 saturated carbocycles. The lowest BCUT2D eigenvalue weighted by atomic mass is 9.71. The molecule has 3 aromatic carbocycles. The lowest BCUT2D eigenvalue weighted by molar-refractivity contribution is -0.132. The number of nitrogens with two attached hydrogens (primary N) is 1. The smallest absolute Gasteiger partial charge is 0.268 e. The molecule has 2 heterocycles. The van der Waals surface area contributed by atoms with Gasteiger partial charge >= 0.3 is 0 Å². The summed E-state index contributed by atoms with van der Waals surface area (Å²) in [6.07, 6.45) is 0. The molecule has 0 aromatic heterocycles. The molecule has 1 saturated heterocycles. The van der Waals surface area contributed by atoms with Gasteiger partial charge in [0.1, 0.15) is 11.0 Å². The summed E-state index contributed by atoms with van der Waals surface area (Å²) in [5.74, 6) is -0.405. The molecule has 0 bridgehead atoms. The first-order chi connectivity index (χ1) is 16.9. The van der Waals surface area contributed by atoms with Crippen LogP contribution in [-0.2, 0) is 27.9 Å². The molecule has 0 radical (unpaired) electrons. The quantitative estimate of drug-likeness (QED) is 0.543. The van der Waals surface area contributed by atoms with Gasteiger partial charge in [-0.15, -0.1) is 0 Å². The van der Waals surface area contributed by atoms with Gasteiger partial charge in [0.2, 0.25) is 0 Å². The van der Waals surface area contributed by atoms with Gasteiger partial charge < -0.3 is 14.9 Å². The van der Waals surface area contributed by atoms with Crippen molar-refractivity contribution < 1.29 is 14.1 Å². The monoisotopic (exact) mass is 503 g/mol. The van der Waals surface area contributed by atoms with Gasteiger partial charge in [0.25, 0.3) is 5.91 Å². The van der Waals surface area contributed by atoms with Crippen LogP contribution in [0.3, 0.4) is 0 Å². The first-order valence-electron chi connectivity index (χ1n) is 12.2. The van der Waals surface area contributed by atoms with Crippen LogP contribution in [0.5, 0.6) is 0 Å². The summed E-state index contributed by atoms with van der Waals surface area (Å²) in [6, 6.07) is 22.1. The van der Waals surface area contributed by atoms with Crippen LogP contribution in [0.25, 0.3) is 0 Å². The normalized spacial score (nSPS) is 23.1. The number of hydrogen-bond donors (Lipinski definition) is 2. The number of aliphatic hydroxyl groups is 1. The molecule has 188 valence electrons. The number of anilines is 2. The number of hydrogen-bond acceptors (Lipinski definition) is 4. The van der Waals surface area contributed by atoms with E-state index in [-0.39, 0.29) is 10.8 Å². The Morgan fingerprint density at radius 2 is 1.47 bits per heavy atom. The summed E-state index contributed by atoms with van der Waals surface area (Å²) in [4.78, 5) is 18.2. The summed E-state index contributed by atoms with van der Waals surface area (Å²) < 4.78 is 11.6. The van der Waals surface area contributed by atoms with E-state index in [9.17, 15) is 14.1 Å². The molecule has 5 rings (SSSR count). The molecule has 2 aliphatic heterocycles. The average molecular weight is 504 g/mol. The van der Waals surface area contributed by atoms with Crippen molar-refractivity contribution in [1.29, 1.82) is 0 Å². The van der Waals surface area contributed by atoms with Crippen LogP contribution >= 0.6 is 0 Å². The van der Waals surface area contributed by atoms with E-state index in [0.717, 1.165) is 18.7 Å². The molecule has 3 aromatic rings. The molecule has 3 N–H and O–H groups in total. The van der Waals surface area contributed by atoms with Crippen LogP contribution in [0.15, 0.2) is 77.7 Å². The predicted octanol–water partition coefficient (Wildman–Crippen LogP) is 4.32. The molecule has 2 atom stereocenters. The SMILES string of the molecule is CC1(C)CN(c2ccc(CN3C(=O)C(O)(c4ccc(S(N)=O)cc4)c4ccccc43)cc2)CC1(C)C. The summed E-state index contributed by atoms with van der Waals surface area (Å²) in [7, 11) is -1.63. The summed E-state index contributed by atoms with van der Waals surface area (Å²) in [6.45, 7) is 11.6.